The van der Waals surface area contributed by atoms with Gasteiger partial charge in [0.2, 0.25) is 0 Å². The lowest BCUT2D eigenvalue weighted by Gasteiger charge is -2.44. The maximum absolute atomic E-state index is 11.8. The van der Waals surface area contributed by atoms with Gasteiger partial charge in [0.15, 0.2) is 0 Å². The number of nitrogens with two attached hydrogens (primary N) is 3. The minimum Gasteiger partial charge on any atom is -0.550 e. The highest BCUT2D eigenvalue weighted by Gasteiger charge is 2.44. The molecule has 0 radical (unpaired) electrons. The summed E-state index contributed by atoms with van der Waals surface area (Å²) >= 11 is 0. The summed E-state index contributed by atoms with van der Waals surface area (Å²) in [6, 6.07) is -0.103. The molecule has 2 heterocycles. The molecule has 0 aromatic heterocycles. The molecule has 2 aliphatic carbocycles. The van der Waals surface area contributed by atoms with Crippen LogP contribution < -0.4 is 21.5 Å². The number of carboxylic acids is 1. The van der Waals surface area contributed by atoms with Gasteiger partial charge in [0.05, 0.1) is 62.4 Å². The summed E-state index contributed by atoms with van der Waals surface area (Å²) in [7, 11) is 1.59. The van der Waals surface area contributed by atoms with E-state index in [1.165, 1.54) is 0 Å². The highest BCUT2D eigenvalue weighted by atomic mass is 16.6. The number of carboxylic acid groups (broad SMARTS) is 1. The standard InChI is InChI=1S/C34H63N3O10/c1-3-36-26(22(15-33(41)42)10-21-8-9-37-32(35)12-21)18-45-31-14-23(13-30(44-2)34(31)43)28-17-24(39)16-25(47-28)6-4-20-5-7-27(40)29(11-20)46-19-38/h20-32,34,36-40,43H,3-19,35H2,1-2H3,(H,41,42)/p+1/t20?,21?,22-,23?,24-,25-,26+,27?,28+,29?,30?,31?,32?,34?/m0/s1. The van der Waals surface area contributed by atoms with Gasteiger partial charge in [-0.1, -0.05) is 0 Å². The molecule has 274 valence electrons. The van der Waals surface area contributed by atoms with Crippen molar-refractivity contribution in [3.05, 3.63) is 0 Å². The summed E-state index contributed by atoms with van der Waals surface area (Å²) in [5, 5.41) is 57.6. The molecule has 0 aromatic rings. The molecule has 9 unspecified atom stereocenters. The lowest BCUT2D eigenvalue weighted by molar-refractivity contribution is -0.701. The van der Waals surface area contributed by atoms with E-state index in [1.807, 2.05) is 6.92 Å². The summed E-state index contributed by atoms with van der Waals surface area (Å²) in [4.78, 5) is 11.8. The maximum atomic E-state index is 11.8. The first-order valence-corrected chi connectivity index (χ1v) is 18.3. The lowest BCUT2D eigenvalue weighted by atomic mass is 9.77. The molecule has 2 saturated heterocycles. The topological polar surface area (TPSA) is 217 Å². The van der Waals surface area contributed by atoms with E-state index in [1.54, 1.807) is 7.11 Å². The van der Waals surface area contributed by atoms with Gasteiger partial charge in [0.25, 0.3) is 0 Å². The Hall–Kier alpha value is -0.970. The Bertz CT molecular complexity index is 919. The number of rotatable bonds is 17. The number of likely N-dealkylation sites (N-methyl/N-ethyl adjacent to an activating group) is 1. The van der Waals surface area contributed by atoms with Crippen molar-refractivity contribution in [3.63, 3.8) is 0 Å². The molecule has 2 saturated carbocycles. The third-order valence-electron chi connectivity index (χ3n) is 11.5. The highest BCUT2D eigenvalue weighted by molar-refractivity contribution is 5.64. The van der Waals surface area contributed by atoms with E-state index < -0.39 is 43.3 Å². The molecule has 14 atom stereocenters. The fourth-order valence-electron chi connectivity index (χ4n) is 8.93. The van der Waals surface area contributed by atoms with Crippen LogP contribution in [0.1, 0.15) is 90.4 Å². The molecule has 13 nitrogen and oxygen atoms in total. The Kier molecular flexibility index (Phi) is 16.1. The summed E-state index contributed by atoms with van der Waals surface area (Å²) in [5.41, 5.74) is 6.19. The molecule has 4 aliphatic rings. The number of ether oxygens (including phenoxy) is 4. The Morgan fingerprint density at radius 1 is 1.00 bits per heavy atom. The van der Waals surface area contributed by atoms with Crippen LogP contribution in [0.3, 0.4) is 0 Å². The zero-order valence-corrected chi connectivity index (χ0v) is 28.6. The molecule has 13 heteroatoms. The Morgan fingerprint density at radius 2 is 1.79 bits per heavy atom. The number of hydrogen-bond donors (Lipinski definition) is 7. The smallest absolute Gasteiger partial charge is 0.144 e. The van der Waals surface area contributed by atoms with E-state index in [-0.39, 0.29) is 48.8 Å². The zero-order valence-electron chi connectivity index (χ0n) is 28.6. The van der Waals surface area contributed by atoms with Crippen LogP contribution in [0.2, 0.25) is 0 Å². The van der Waals surface area contributed by atoms with Crippen molar-refractivity contribution in [3.8, 4) is 0 Å². The molecule has 4 rings (SSSR count). The van der Waals surface area contributed by atoms with Gasteiger partial charge in [-0.25, -0.2) is 0 Å². The molecule has 0 spiro atoms. The monoisotopic (exact) mass is 674 g/mol. The number of carbonyl (C=O) groups is 1. The Morgan fingerprint density at radius 3 is 2.49 bits per heavy atom. The normalized spacial score (nSPS) is 39.7. The first-order chi connectivity index (χ1) is 22.6. The molecule has 47 heavy (non-hydrogen) atoms. The van der Waals surface area contributed by atoms with Gasteiger partial charge < -0.3 is 59.9 Å². The number of aliphatic hydroxyl groups is 4. The van der Waals surface area contributed by atoms with E-state index in [4.69, 9.17) is 24.7 Å². The average molecular weight is 675 g/mol. The molecule has 4 fully saturated rings. The van der Waals surface area contributed by atoms with E-state index in [2.05, 4.69) is 10.6 Å². The van der Waals surface area contributed by atoms with Crippen LogP contribution in [0.4, 0.5) is 0 Å². The zero-order chi connectivity index (χ0) is 33.9. The van der Waals surface area contributed by atoms with Crippen molar-refractivity contribution in [1.29, 1.82) is 0 Å². The van der Waals surface area contributed by atoms with Gasteiger partial charge >= 0.3 is 0 Å². The lowest BCUT2D eigenvalue weighted by Crippen LogP contribution is -2.94. The van der Waals surface area contributed by atoms with Crippen molar-refractivity contribution in [2.45, 2.75) is 151 Å². The van der Waals surface area contributed by atoms with Crippen molar-refractivity contribution in [1.82, 2.24) is 0 Å². The first kappa shape index (κ1) is 38.8. The molecule has 2 aliphatic heterocycles. The number of aliphatic carboxylic acids is 1. The number of methoxy groups -OCH3 is 1. The number of quaternary nitrogens is 2. The van der Waals surface area contributed by atoms with Gasteiger partial charge in [-0.05, 0) is 102 Å². The molecular weight excluding hydrogens is 610 g/mol. The highest BCUT2D eigenvalue weighted by Crippen LogP contribution is 2.39. The largest absolute Gasteiger partial charge is 0.550 e. The van der Waals surface area contributed by atoms with E-state index in [9.17, 15) is 30.3 Å². The van der Waals surface area contributed by atoms with Crippen LogP contribution in [-0.4, -0.2) is 121 Å². The second-order valence-corrected chi connectivity index (χ2v) is 14.9. The summed E-state index contributed by atoms with van der Waals surface area (Å²) in [6.07, 6.45) is 5.34. The summed E-state index contributed by atoms with van der Waals surface area (Å²) in [6.45, 7) is 3.67. The first-order valence-electron chi connectivity index (χ1n) is 18.3. The molecule has 10 N–H and O–H groups in total. The number of hydrogen-bond acceptors (Lipinski definition) is 11. The van der Waals surface area contributed by atoms with Crippen molar-refractivity contribution in [2.75, 3.05) is 33.6 Å². The minimum atomic E-state index is -1.06. The SMILES string of the molecule is CC[NH2+][C@H](COC1CC([C@H]2C[C@@H](O)C[C@H](CCC3CCC(O)C(OCO)C3)O2)CC(OC)C1O)[C@H](CC(=O)[O-])CC1CC[NH2+]C(N)C1. The predicted molar refractivity (Wildman–Crippen MR) is 169 cm³/mol. The minimum absolute atomic E-state index is 0.0190. The maximum Gasteiger partial charge on any atom is 0.144 e. The van der Waals surface area contributed by atoms with Crippen LogP contribution >= 0.6 is 0 Å². The van der Waals surface area contributed by atoms with Gasteiger partial charge in [0.1, 0.15) is 25.1 Å². The van der Waals surface area contributed by atoms with Crippen LogP contribution in [-0.2, 0) is 23.7 Å². The van der Waals surface area contributed by atoms with Crippen molar-refractivity contribution < 1.29 is 59.9 Å². The summed E-state index contributed by atoms with van der Waals surface area (Å²) < 4.78 is 24.2. The van der Waals surface area contributed by atoms with Crippen LogP contribution in [0.25, 0.3) is 0 Å². The van der Waals surface area contributed by atoms with Gasteiger partial charge in [0, 0.05) is 25.4 Å². The van der Waals surface area contributed by atoms with Crippen LogP contribution in [0.15, 0.2) is 0 Å². The fraction of sp³-hybridized carbons (Fsp3) is 0.971. The Balaban J connectivity index is 1.36. The van der Waals surface area contributed by atoms with Crippen molar-refractivity contribution in [2.24, 2.45) is 29.4 Å². The molecular formula is C34H64N3O10+. The van der Waals surface area contributed by atoms with Gasteiger partial charge in [-0.15, -0.1) is 0 Å². The number of piperidine rings is 1. The third kappa shape index (κ3) is 11.8. The quantitative estimate of drug-likeness (QED) is 0.0814. The van der Waals surface area contributed by atoms with Crippen LogP contribution in [0, 0.1) is 23.7 Å². The average Bonchev–Trinajstić information content (AvgIpc) is 3.03. The Labute approximate surface area is 280 Å². The second-order valence-electron chi connectivity index (χ2n) is 14.9. The van der Waals surface area contributed by atoms with Gasteiger partial charge in [-0.2, -0.15) is 0 Å². The van der Waals surface area contributed by atoms with E-state index in [0.717, 1.165) is 51.6 Å². The molecule has 0 aromatic carbocycles. The summed E-state index contributed by atoms with van der Waals surface area (Å²) in [5.74, 6) is -0.461. The van der Waals surface area contributed by atoms with E-state index >= 15 is 0 Å². The second kappa shape index (κ2) is 19.4. The van der Waals surface area contributed by atoms with E-state index in [0.29, 0.717) is 57.0 Å². The third-order valence-corrected chi connectivity index (χ3v) is 11.5. The number of carbonyl (C=O) groups excluding carboxylic acids is 1. The predicted octanol–water partition coefficient (Wildman–Crippen LogP) is -2.30. The van der Waals surface area contributed by atoms with Crippen LogP contribution in [0.5, 0.6) is 0 Å². The number of aliphatic hydroxyl groups excluding tert-OH is 4. The molecule has 0 bridgehead atoms. The van der Waals surface area contributed by atoms with Crippen molar-refractivity contribution >= 4 is 5.97 Å². The fourth-order valence-corrected chi connectivity index (χ4v) is 8.93. The van der Waals surface area contributed by atoms with Gasteiger partial charge in [-0.3, -0.25) is 5.73 Å². The molecule has 0 amide bonds.